The van der Waals surface area contributed by atoms with Crippen molar-refractivity contribution in [3.63, 3.8) is 0 Å². The van der Waals surface area contributed by atoms with Crippen molar-refractivity contribution in [2.75, 3.05) is 11.9 Å². The van der Waals surface area contributed by atoms with Crippen molar-refractivity contribution < 1.29 is 19.1 Å². The molecule has 0 spiro atoms. The molecule has 1 unspecified atom stereocenters. The van der Waals surface area contributed by atoms with Crippen molar-refractivity contribution in [1.29, 1.82) is 0 Å². The van der Waals surface area contributed by atoms with Crippen LogP contribution in [0.15, 0.2) is 47.3 Å². The van der Waals surface area contributed by atoms with E-state index in [0.717, 1.165) is 24.0 Å². The van der Waals surface area contributed by atoms with Crippen LogP contribution < -0.4 is 21.5 Å². The molecule has 214 valence electrons. The van der Waals surface area contributed by atoms with Crippen molar-refractivity contribution >= 4 is 34.5 Å². The molecule has 1 fully saturated rings. The molecule has 0 aliphatic heterocycles. The van der Waals surface area contributed by atoms with Crippen LogP contribution >= 0.6 is 0 Å². The number of carbonyl (C=O) groups excluding carboxylic acids is 3. The topological polar surface area (TPSA) is 145 Å². The number of alkyl carbamates (subject to hydrolysis) is 1. The maximum atomic E-state index is 13.4. The van der Waals surface area contributed by atoms with E-state index < -0.39 is 17.7 Å². The van der Waals surface area contributed by atoms with Crippen LogP contribution in [0.4, 0.5) is 10.5 Å². The number of fused-ring (bicyclic) bond motifs is 1. The normalized spacial score (nSPS) is 18.1. The molecule has 3 aromatic rings. The summed E-state index contributed by atoms with van der Waals surface area (Å²) in [6, 6.07) is 12.1. The van der Waals surface area contributed by atoms with Crippen LogP contribution in [0.25, 0.3) is 10.9 Å². The predicted octanol–water partition coefficient (Wildman–Crippen LogP) is 4.16. The number of H-pyrrole nitrogens is 2. The number of nitrogens with one attached hydrogen (secondary N) is 5. The quantitative estimate of drug-likeness (QED) is 0.286. The minimum Gasteiger partial charge on any atom is -0.444 e. The number of benzene rings is 2. The van der Waals surface area contributed by atoms with Gasteiger partial charge in [0.25, 0.3) is 5.56 Å². The molecule has 1 atom stereocenters. The average molecular weight is 550 g/mol. The lowest BCUT2D eigenvalue weighted by molar-refractivity contribution is -0.130. The van der Waals surface area contributed by atoms with E-state index in [1.54, 1.807) is 18.2 Å². The van der Waals surface area contributed by atoms with Gasteiger partial charge in [-0.1, -0.05) is 29.8 Å². The van der Waals surface area contributed by atoms with Crippen LogP contribution in [-0.2, 0) is 20.7 Å². The second-order valence-electron chi connectivity index (χ2n) is 11.7. The van der Waals surface area contributed by atoms with E-state index in [-0.39, 0.29) is 29.2 Å². The summed E-state index contributed by atoms with van der Waals surface area (Å²) in [7, 11) is 0. The zero-order valence-corrected chi connectivity index (χ0v) is 23.6. The van der Waals surface area contributed by atoms with E-state index in [9.17, 15) is 19.2 Å². The fourth-order valence-corrected chi connectivity index (χ4v) is 4.97. The van der Waals surface area contributed by atoms with Crippen molar-refractivity contribution in [1.82, 2.24) is 20.8 Å². The average Bonchev–Trinajstić information content (AvgIpc) is 3.27. The zero-order chi connectivity index (χ0) is 28.9. The number of aromatic nitrogens is 2. The SMILES string of the molecule is Cc1ccc(CC(NC(=O)C2CCC(CNC(=O)OC(C)(C)C)CC2)C(=O)Nc2ccc3c(=O)[nH][nH]c3c2)cc1. The molecular weight excluding hydrogens is 510 g/mol. The summed E-state index contributed by atoms with van der Waals surface area (Å²) in [5.41, 5.74) is 2.38. The molecule has 1 aliphatic rings. The van der Waals surface area contributed by atoms with E-state index >= 15 is 0 Å². The minimum atomic E-state index is -0.775. The van der Waals surface area contributed by atoms with Gasteiger partial charge in [0.1, 0.15) is 11.6 Å². The molecule has 1 aliphatic carbocycles. The second-order valence-corrected chi connectivity index (χ2v) is 11.7. The van der Waals surface area contributed by atoms with E-state index in [4.69, 9.17) is 4.74 Å². The van der Waals surface area contributed by atoms with Gasteiger partial charge in [0.05, 0.1) is 10.9 Å². The Hall–Kier alpha value is -4.08. The van der Waals surface area contributed by atoms with Crippen LogP contribution in [0, 0.1) is 18.8 Å². The molecule has 10 nitrogen and oxygen atoms in total. The van der Waals surface area contributed by atoms with Gasteiger partial charge >= 0.3 is 6.09 Å². The van der Waals surface area contributed by atoms with Gasteiger partial charge in [-0.3, -0.25) is 24.6 Å². The Morgan fingerprint density at radius 2 is 1.70 bits per heavy atom. The van der Waals surface area contributed by atoms with Gasteiger partial charge in [0.2, 0.25) is 11.8 Å². The van der Waals surface area contributed by atoms with Crippen molar-refractivity contribution in [3.05, 3.63) is 63.9 Å². The molecule has 3 amide bonds. The van der Waals surface area contributed by atoms with E-state index in [2.05, 4.69) is 26.1 Å². The third-order valence-corrected chi connectivity index (χ3v) is 7.19. The molecule has 1 saturated carbocycles. The Labute approximate surface area is 233 Å². The number of hydrogen-bond acceptors (Lipinski definition) is 5. The van der Waals surface area contributed by atoms with Gasteiger partial charge in [-0.15, -0.1) is 0 Å². The lowest BCUT2D eigenvalue weighted by atomic mass is 9.81. The summed E-state index contributed by atoms with van der Waals surface area (Å²) in [5.74, 6) is -0.400. The van der Waals surface area contributed by atoms with Crippen LogP contribution in [0.1, 0.15) is 57.6 Å². The number of amides is 3. The van der Waals surface area contributed by atoms with E-state index in [1.165, 1.54) is 0 Å². The highest BCUT2D eigenvalue weighted by Gasteiger charge is 2.30. The molecule has 10 heteroatoms. The van der Waals surface area contributed by atoms with Gasteiger partial charge in [0, 0.05) is 24.6 Å². The van der Waals surface area contributed by atoms with Gasteiger partial charge < -0.3 is 20.7 Å². The number of aromatic amines is 2. The first-order valence-corrected chi connectivity index (χ1v) is 13.8. The summed E-state index contributed by atoms with van der Waals surface area (Å²) < 4.78 is 5.31. The number of ether oxygens (including phenoxy) is 1. The summed E-state index contributed by atoms with van der Waals surface area (Å²) in [6.07, 6.45) is 2.89. The van der Waals surface area contributed by atoms with Gasteiger partial charge in [-0.05, 0) is 83.1 Å². The van der Waals surface area contributed by atoms with Gasteiger partial charge in [-0.25, -0.2) is 4.79 Å². The largest absolute Gasteiger partial charge is 0.444 e. The predicted molar refractivity (Wildman–Crippen MR) is 154 cm³/mol. The molecule has 5 N–H and O–H groups in total. The first-order chi connectivity index (χ1) is 19.0. The lowest BCUT2D eigenvalue weighted by Gasteiger charge is -2.29. The third-order valence-electron chi connectivity index (χ3n) is 7.19. The maximum absolute atomic E-state index is 13.4. The number of anilines is 1. The van der Waals surface area contributed by atoms with Crippen LogP contribution in [0.5, 0.6) is 0 Å². The Morgan fingerprint density at radius 1 is 1.00 bits per heavy atom. The maximum Gasteiger partial charge on any atom is 0.407 e. The first-order valence-electron chi connectivity index (χ1n) is 13.8. The smallest absolute Gasteiger partial charge is 0.407 e. The zero-order valence-electron chi connectivity index (χ0n) is 23.6. The molecule has 0 bridgehead atoms. The highest BCUT2D eigenvalue weighted by Crippen LogP contribution is 2.29. The molecular formula is C30H39N5O5. The number of hydrogen-bond donors (Lipinski definition) is 5. The summed E-state index contributed by atoms with van der Waals surface area (Å²) in [6.45, 7) is 7.98. The molecule has 4 rings (SSSR count). The molecule has 0 radical (unpaired) electrons. The Kier molecular flexibility index (Phi) is 8.96. The Bertz CT molecular complexity index is 1390. The number of aryl methyl sites for hydroxylation is 1. The van der Waals surface area contributed by atoms with Crippen LogP contribution in [-0.4, -0.2) is 46.3 Å². The lowest BCUT2D eigenvalue weighted by Crippen LogP contribution is -2.48. The summed E-state index contributed by atoms with van der Waals surface area (Å²) in [5, 5.41) is 14.5. The third kappa shape index (κ3) is 7.97. The number of carbonyl (C=O) groups is 3. The minimum absolute atomic E-state index is 0.142. The Balaban J connectivity index is 1.37. The fourth-order valence-electron chi connectivity index (χ4n) is 4.97. The monoisotopic (exact) mass is 549 g/mol. The standard InChI is InChI=1S/C30H39N5O5/c1-18-5-7-19(8-6-18)15-25(28(38)32-22-13-14-23-24(16-22)34-35-27(23)37)33-26(36)21-11-9-20(10-12-21)17-31-29(39)40-30(2,3)4/h5-8,13-14,16,20-21,25H,9-12,15,17H2,1-4H3,(H,31,39)(H,32,38)(H,33,36)(H2,34,35,37). The van der Waals surface area contributed by atoms with Crippen molar-refractivity contribution in [3.8, 4) is 0 Å². The van der Waals surface area contributed by atoms with Crippen molar-refractivity contribution in [2.24, 2.45) is 11.8 Å². The fraction of sp³-hybridized carbons (Fsp3) is 0.467. The molecule has 2 aromatic carbocycles. The summed E-state index contributed by atoms with van der Waals surface area (Å²) >= 11 is 0. The molecule has 1 heterocycles. The highest BCUT2D eigenvalue weighted by molar-refractivity contribution is 5.99. The highest BCUT2D eigenvalue weighted by atomic mass is 16.6. The first kappa shape index (κ1) is 28.9. The van der Waals surface area contributed by atoms with E-state index in [1.807, 2.05) is 52.0 Å². The molecule has 0 saturated heterocycles. The molecule has 40 heavy (non-hydrogen) atoms. The Morgan fingerprint density at radius 3 is 2.38 bits per heavy atom. The molecule has 1 aromatic heterocycles. The van der Waals surface area contributed by atoms with Crippen LogP contribution in [0.2, 0.25) is 0 Å². The summed E-state index contributed by atoms with van der Waals surface area (Å²) in [4.78, 5) is 50.5. The van der Waals surface area contributed by atoms with Crippen LogP contribution in [0.3, 0.4) is 0 Å². The van der Waals surface area contributed by atoms with Crippen molar-refractivity contribution in [2.45, 2.75) is 71.4 Å². The van der Waals surface area contributed by atoms with E-state index in [0.29, 0.717) is 42.4 Å². The second kappa shape index (κ2) is 12.4. The van der Waals surface area contributed by atoms with Gasteiger partial charge in [0.15, 0.2) is 0 Å². The van der Waals surface area contributed by atoms with Gasteiger partial charge in [-0.2, -0.15) is 0 Å². The number of rotatable bonds is 8.